The number of carbonyl (C=O) groups is 2. The number of hydrogen-bond donors (Lipinski definition) is 0. The van der Waals surface area contributed by atoms with Crippen LogP contribution in [0.25, 0.3) is 0 Å². The van der Waals surface area contributed by atoms with Crippen LogP contribution in [0.2, 0.25) is 0 Å². The van der Waals surface area contributed by atoms with E-state index in [1.54, 1.807) is 42.6 Å². The van der Waals surface area contributed by atoms with Gasteiger partial charge in [-0.1, -0.05) is 6.07 Å². The second-order valence-corrected chi connectivity index (χ2v) is 8.91. The molecule has 2 saturated heterocycles. The van der Waals surface area contributed by atoms with Crippen molar-refractivity contribution in [3.63, 3.8) is 0 Å². The molecule has 4 rings (SSSR count). The minimum absolute atomic E-state index is 0.0141. The summed E-state index contributed by atoms with van der Waals surface area (Å²) in [6.07, 6.45) is 2.28. The average molecular weight is 445 g/mol. The average Bonchev–Trinajstić information content (AvgIpc) is 3.55. The van der Waals surface area contributed by atoms with E-state index < -0.39 is 0 Å². The van der Waals surface area contributed by atoms with Crippen molar-refractivity contribution in [1.29, 1.82) is 0 Å². The lowest BCUT2D eigenvalue weighted by atomic mass is 10.1. The smallest absolute Gasteiger partial charge is 0.228 e. The van der Waals surface area contributed by atoms with Crippen LogP contribution in [-0.4, -0.2) is 56.7 Å². The molecular formula is C23H28N2O5S. The Kier molecular flexibility index (Phi) is 6.77. The maximum absolute atomic E-state index is 13.5. The number of nitrogens with zero attached hydrogens (tertiary/aromatic N) is 2. The van der Waals surface area contributed by atoms with E-state index in [2.05, 4.69) is 0 Å². The first-order chi connectivity index (χ1) is 15.1. The van der Waals surface area contributed by atoms with Gasteiger partial charge in [-0.3, -0.25) is 9.59 Å². The van der Waals surface area contributed by atoms with Crippen LogP contribution < -0.4 is 14.4 Å². The Hall–Kier alpha value is -2.58. The zero-order valence-electron chi connectivity index (χ0n) is 17.9. The van der Waals surface area contributed by atoms with Gasteiger partial charge in [0.15, 0.2) is 11.5 Å². The van der Waals surface area contributed by atoms with Crippen molar-refractivity contribution in [2.24, 2.45) is 5.92 Å². The van der Waals surface area contributed by atoms with Crippen molar-refractivity contribution in [1.82, 2.24) is 4.90 Å². The minimum atomic E-state index is -0.373. The van der Waals surface area contributed by atoms with E-state index >= 15 is 0 Å². The highest BCUT2D eigenvalue weighted by Crippen LogP contribution is 2.34. The summed E-state index contributed by atoms with van der Waals surface area (Å²) in [6, 6.07) is 9.40. The standard InChI is InChI=1S/C23H28N2O5S/c1-28-20-8-7-17(12-21(20)29-2)25-13-16(11-22(25)26)23(27)24(14-18-5-3-9-30-18)15-19-6-4-10-31-19/h4,6-8,10,12,16,18H,3,5,9,11,13-15H2,1-2H3. The van der Waals surface area contributed by atoms with E-state index in [0.717, 1.165) is 24.3 Å². The Bertz CT molecular complexity index is 911. The zero-order valence-corrected chi connectivity index (χ0v) is 18.7. The molecule has 3 heterocycles. The lowest BCUT2D eigenvalue weighted by Crippen LogP contribution is -2.41. The van der Waals surface area contributed by atoms with E-state index in [9.17, 15) is 9.59 Å². The quantitative estimate of drug-likeness (QED) is 0.625. The van der Waals surface area contributed by atoms with Gasteiger partial charge in [0.2, 0.25) is 11.8 Å². The van der Waals surface area contributed by atoms with Gasteiger partial charge < -0.3 is 24.0 Å². The van der Waals surface area contributed by atoms with Crippen molar-refractivity contribution in [2.75, 3.05) is 38.8 Å². The number of carbonyl (C=O) groups excluding carboxylic acids is 2. The molecule has 2 fully saturated rings. The molecule has 2 unspecified atom stereocenters. The SMILES string of the molecule is COc1ccc(N2CC(C(=O)N(Cc3cccs3)CC3CCCO3)CC2=O)cc1OC. The van der Waals surface area contributed by atoms with Gasteiger partial charge >= 0.3 is 0 Å². The summed E-state index contributed by atoms with van der Waals surface area (Å²) in [5.41, 5.74) is 0.710. The molecule has 7 nitrogen and oxygen atoms in total. The molecule has 2 aliphatic heterocycles. The van der Waals surface area contributed by atoms with Crippen molar-refractivity contribution >= 4 is 28.8 Å². The summed E-state index contributed by atoms with van der Waals surface area (Å²) in [6.45, 7) is 2.23. The number of hydrogen-bond acceptors (Lipinski definition) is 6. The Balaban J connectivity index is 1.49. The highest BCUT2D eigenvalue weighted by molar-refractivity contribution is 7.09. The van der Waals surface area contributed by atoms with E-state index in [0.29, 0.717) is 36.8 Å². The Morgan fingerprint density at radius 1 is 1.26 bits per heavy atom. The fraction of sp³-hybridized carbons (Fsp3) is 0.478. The normalized spacial score (nSPS) is 20.8. The molecule has 0 radical (unpaired) electrons. The fourth-order valence-corrected chi connectivity index (χ4v) is 4.95. The third-order valence-electron chi connectivity index (χ3n) is 5.84. The van der Waals surface area contributed by atoms with E-state index in [-0.39, 0.29) is 30.3 Å². The first-order valence-electron chi connectivity index (χ1n) is 10.5. The maximum atomic E-state index is 13.5. The van der Waals surface area contributed by atoms with Gasteiger partial charge in [-0.2, -0.15) is 0 Å². The largest absolute Gasteiger partial charge is 0.493 e. The second kappa shape index (κ2) is 9.70. The highest BCUT2D eigenvalue weighted by Gasteiger charge is 2.38. The predicted octanol–water partition coefficient (Wildman–Crippen LogP) is 3.33. The first kappa shape index (κ1) is 21.6. The van der Waals surface area contributed by atoms with Crippen LogP contribution in [0.5, 0.6) is 11.5 Å². The highest BCUT2D eigenvalue weighted by atomic mass is 32.1. The summed E-state index contributed by atoms with van der Waals surface area (Å²) in [7, 11) is 3.14. The predicted molar refractivity (Wildman–Crippen MR) is 119 cm³/mol. The Labute approximate surface area is 186 Å². The van der Waals surface area contributed by atoms with Crippen LogP contribution in [-0.2, 0) is 20.9 Å². The Morgan fingerprint density at radius 2 is 2.10 bits per heavy atom. The molecule has 2 atom stereocenters. The van der Waals surface area contributed by atoms with Crippen LogP contribution >= 0.6 is 11.3 Å². The third-order valence-corrected chi connectivity index (χ3v) is 6.70. The van der Waals surface area contributed by atoms with E-state index in [4.69, 9.17) is 14.2 Å². The molecule has 0 spiro atoms. The minimum Gasteiger partial charge on any atom is -0.493 e. The molecule has 0 N–H and O–H groups in total. The molecule has 0 saturated carbocycles. The Morgan fingerprint density at radius 3 is 2.77 bits per heavy atom. The van der Waals surface area contributed by atoms with Crippen LogP contribution in [0.15, 0.2) is 35.7 Å². The molecule has 8 heteroatoms. The zero-order chi connectivity index (χ0) is 21.8. The van der Waals surface area contributed by atoms with Crippen molar-refractivity contribution in [2.45, 2.75) is 31.9 Å². The fourth-order valence-electron chi connectivity index (χ4n) is 4.23. The number of methoxy groups -OCH3 is 2. The van der Waals surface area contributed by atoms with Gasteiger partial charge in [-0.25, -0.2) is 0 Å². The van der Waals surface area contributed by atoms with E-state index in [1.807, 2.05) is 28.5 Å². The van der Waals surface area contributed by atoms with Crippen LogP contribution in [0.3, 0.4) is 0 Å². The molecule has 2 amide bonds. The number of thiophene rings is 1. The lowest BCUT2D eigenvalue weighted by Gasteiger charge is -2.27. The molecular weight excluding hydrogens is 416 g/mol. The number of benzene rings is 1. The monoisotopic (exact) mass is 444 g/mol. The van der Waals surface area contributed by atoms with Gasteiger partial charge in [0.05, 0.1) is 32.8 Å². The number of anilines is 1. The van der Waals surface area contributed by atoms with Crippen molar-refractivity contribution in [3.8, 4) is 11.5 Å². The lowest BCUT2D eigenvalue weighted by molar-refractivity contribution is -0.138. The van der Waals surface area contributed by atoms with Gasteiger partial charge in [-0.05, 0) is 36.4 Å². The summed E-state index contributed by atoms with van der Waals surface area (Å²) in [4.78, 5) is 30.9. The van der Waals surface area contributed by atoms with Gasteiger partial charge in [0, 0.05) is 42.7 Å². The van der Waals surface area contributed by atoms with Crippen LogP contribution in [0.1, 0.15) is 24.1 Å². The summed E-state index contributed by atoms with van der Waals surface area (Å²) >= 11 is 1.64. The summed E-state index contributed by atoms with van der Waals surface area (Å²) in [5, 5.41) is 2.02. The van der Waals surface area contributed by atoms with Crippen molar-refractivity contribution in [3.05, 3.63) is 40.6 Å². The molecule has 166 valence electrons. The third kappa shape index (κ3) is 4.85. The maximum Gasteiger partial charge on any atom is 0.228 e. The van der Waals surface area contributed by atoms with Gasteiger partial charge in [-0.15, -0.1) is 11.3 Å². The van der Waals surface area contributed by atoms with Crippen molar-refractivity contribution < 1.29 is 23.8 Å². The molecule has 1 aromatic carbocycles. The van der Waals surface area contributed by atoms with Gasteiger partial charge in [0.1, 0.15) is 0 Å². The number of amides is 2. The molecule has 1 aromatic heterocycles. The van der Waals surface area contributed by atoms with Crippen LogP contribution in [0.4, 0.5) is 5.69 Å². The van der Waals surface area contributed by atoms with E-state index in [1.165, 1.54) is 0 Å². The van der Waals surface area contributed by atoms with Gasteiger partial charge in [0.25, 0.3) is 0 Å². The summed E-state index contributed by atoms with van der Waals surface area (Å²) < 4.78 is 16.4. The number of ether oxygens (including phenoxy) is 3. The second-order valence-electron chi connectivity index (χ2n) is 7.88. The number of rotatable bonds is 8. The molecule has 2 aliphatic rings. The molecule has 2 aromatic rings. The molecule has 31 heavy (non-hydrogen) atoms. The topological polar surface area (TPSA) is 68.3 Å². The molecule has 0 aliphatic carbocycles. The summed E-state index contributed by atoms with van der Waals surface area (Å²) in [5.74, 6) is 0.741. The first-order valence-corrected chi connectivity index (χ1v) is 11.4. The molecule has 0 bridgehead atoms. The van der Waals surface area contributed by atoms with Crippen LogP contribution in [0, 0.1) is 5.92 Å².